The van der Waals surface area contributed by atoms with Crippen LogP contribution in [0, 0.1) is 0 Å². The van der Waals surface area contributed by atoms with Crippen molar-refractivity contribution in [2.45, 2.75) is 4.90 Å². The number of nitrogens with one attached hydrogen (secondary N) is 2. The number of urea groups is 1. The molecule has 21 heavy (non-hydrogen) atoms. The van der Waals surface area contributed by atoms with E-state index in [1.54, 1.807) is 12.1 Å². The van der Waals surface area contributed by atoms with Gasteiger partial charge in [0.15, 0.2) is 0 Å². The van der Waals surface area contributed by atoms with Gasteiger partial charge < -0.3 is 10.6 Å². The van der Waals surface area contributed by atoms with E-state index in [0.29, 0.717) is 5.69 Å². The minimum atomic E-state index is -3.87. The number of carbonyl (C=O) groups excluding carboxylic acids is 1. The number of hydrogen-bond acceptors (Lipinski definition) is 4. The Hall–Kier alpha value is -1.83. The smallest absolute Gasteiger partial charge is 0.308 e. The van der Waals surface area contributed by atoms with Crippen LogP contribution in [0.1, 0.15) is 0 Å². The number of hydrogen-bond donors (Lipinski definition) is 2. The number of benzene rings is 1. The third-order valence-corrected chi connectivity index (χ3v) is 4.07. The van der Waals surface area contributed by atoms with Gasteiger partial charge in [0.05, 0.1) is 15.6 Å². The predicted molar refractivity (Wildman–Crippen MR) is 81.4 cm³/mol. The summed E-state index contributed by atoms with van der Waals surface area (Å²) in [5.74, 6) is 0. The first-order valence-corrected chi connectivity index (χ1v) is 8.27. The molecule has 0 radical (unpaired) electrons. The van der Waals surface area contributed by atoms with Crippen LogP contribution in [0.15, 0.2) is 47.6 Å². The first kappa shape index (κ1) is 15.6. The van der Waals surface area contributed by atoms with Crippen molar-refractivity contribution in [1.29, 1.82) is 0 Å². The lowest BCUT2D eigenvalue weighted by molar-refractivity contribution is 0.262. The first-order valence-electron chi connectivity index (χ1n) is 5.58. The highest BCUT2D eigenvalue weighted by molar-refractivity contribution is 8.13. The van der Waals surface area contributed by atoms with Gasteiger partial charge in [-0.25, -0.2) is 13.2 Å². The number of carbonyl (C=O) groups is 1. The zero-order chi connectivity index (χ0) is 15.5. The molecule has 2 aromatic rings. The zero-order valence-electron chi connectivity index (χ0n) is 10.4. The summed E-state index contributed by atoms with van der Waals surface area (Å²) in [5, 5.41) is 5.12. The van der Waals surface area contributed by atoms with Gasteiger partial charge in [0, 0.05) is 28.8 Å². The summed E-state index contributed by atoms with van der Waals surface area (Å²) in [6.45, 7) is 0. The van der Waals surface area contributed by atoms with Crippen LogP contribution >= 0.6 is 22.3 Å². The third kappa shape index (κ3) is 4.32. The Morgan fingerprint density at radius 2 is 1.76 bits per heavy atom. The van der Waals surface area contributed by atoms with Gasteiger partial charge in [-0.1, -0.05) is 11.6 Å². The van der Waals surface area contributed by atoms with Crippen LogP contribution in [-0.2, 0) is 9.05 Å². The van der Waals surface area contributed by atoms with Gasteiger partial charge in [-0.15, -0.1) is 0 Å². The van der Waals surface area contributed by atoms with Crippen molar-refractivity contribution < 1.29 is 13.2 Å². The van der Waals surface area contributed by atoms with Gasteiger partial charge in [0.1, 0.15) is 0 Å². The molecule has 0 saturated heterocycles. The Bertz CT molecular complexity index is 767. The molecule has 0 aliphatic rings. The maximum absolute atomic E-state index is 11.8. The summed E-state index contributed by atoms with van der Waals surface area (Å²) in [4.78, 5) is 15.4. The van der Waals surface area contributed by atoms with Gasteiger partial charge in [0.25, 0.3) is 9.05 Å². The van der Waals surface area contributed by atoms with Crippen LogP contribution in [0.4, 0.5) is 16.2 Å². The fraction of sp³-hybridized carbons (Fsp3) is 0. The van der Waals surface area contributed by atoms with Crippen molar-refractivity contribution in [1.82, 2.24) is 4.98 Å². The fourth-order valence-electron chi connectivity index (χ4n) is 1.47. The maximum Gasteiger partial charge on any atom is 0.323 e. The minimum Gasteiger partial charge on any atom is -0.308 e. The van der Waals surface area contributed by atoms with Gasteiger partial charge >= 0.3 is 6.03 Å². The van der Waals surface area contributed by atoms with Crippen molar-refractivity contribution in [3.8, 4) is 0 Å². The highest BCUT2D eigenvalue weighted by Gasteiger charge is 2.13. The molecule has 0 aliphatic heterocycles. The Kier molecular flexibility index (Phi) is 4.66. The molecule has 1 aromatic carbocycles. The van der Waals surface area contributed by atoms with E-state index in [2.05, 4.69) is 15.6 Å². The first-order chi connectivity index (χ1) is 9.86. The molecule has 9 heteroatoms. The molecule has 110 valence electrons. The van der Waals surface area contributed by atoms with E-state index in [4.69, 9.17) is 22.3 Å². The molecule has 0 atom stereocenters. The van der Waals surface area contributed by atoms with E-state index < -0.39 is 15.1 Å². The van der Waals surface area contributed by atoms with Crippen molar-refractivity contribution in [3.05, 3.63) is 47.7 Å². The SMILES string of the molecule is O=C(Nc1ccncc1)Nc1ccc(S(=O)(=O)Cl)cc1Cl. The Morgan fingerprint density at radius 1 is 1.10 bits per heavy atom. The van der Waals surface area contributed by atoms with Gasteiger partial charge in [-0.05, 0) is 30.3 Å². The van der Waals surface area contributed by atoms with E-state index in [1.165, 1.54) is 24.5 Å². The Labute approximate surface area is 130 Å². The normalized spacial score (nSPS) is 11.0. The second kappa shape index (κ2) is 6.30. The van der Waals surface area contributed by atoms with E-state index in [-0.39, 0.29) is 15.6 Å². The zero-order valence-corrected chi connectivity index (χ0v) is 12.7. The lowest BCUT2D eigenvalue weighted by Gasteiger charge is -2.09. The number of pyridine rings is 1. The molecule has 0 fully saturated rings. The molecule has 0 aliphatic carbocycles. The summed E-state index contributed by atoms with van der Waals surface area (Å²) in [5.41, 5.74) is 0.811. The monoisotopic (exact) mass is 345 g/mol. The average Bonchev–Trinajstić information content (AvgIpc) is 2.41. The van der Waals surface area contributed by atoms with Crippen LogP contribution in [0.5, 0.6) is 0 Å². The lowest BCUT2D eigenvalue weighted by Crippen LogP contribution is -2.19. The van der Waals surface area contributed by atoms with E-state index in [0.717, 1.165) is 6.07 Å². The summed E-state index contributed by atoms with van der Waals surface area (Å²) >= 11 is 5.91. The molecule has 1 heterocycles. The number of rotatable bonds is 3. The lowest BCUT2D eigenvalue weighted by atomic mass is 10.3. The van der Waals surface area contributed by atoms with Crippen LogP contribution in [0.3, 0.4) is 0 Å². The molecule has 2 amide bonds. The van der Waals surface area contributed by atoms with E-state index in [1.807, 2.05) is 0 Å². The maximum atomic E-state index is 11.8. The summed E-state index contributed by atoms with van der Waals surface area (Å²) in [6.07, 6.45) is 3.06. The number of aromatic nitrogens is 1. The van der Waals surface area contributed by atoms with Crippen molar-refractivity contribution in [3.63, 3.8) is 0 Å². The van der Waals surface area contributed by atoms with Crippen molar-refractivity contribution >= 4 is 48.7 Å². The highest BCUT2D eigenvalue weighted by Crippen LogP contribution is 2.27. The molecule has 0 unspecified atom stereocenters. The van der Waals surface area contributed by atoms with Crippen molar-refractivity contribution in [2.24, 2.45) is 0 Å². The molecule has 0 spiro atoms. The molecule has 6 nitrogen and oxygen atoms in total. The quantitative estimate of drug-likeness (QED) is 0.835. The average molecular weight is 346 g/mol. The Morgan fingerprint density at radius 3 is 2.33 bits per heavy atom. The Balaban J connectivity index is 2.11. The summed E-state index contributed by atoms with van der Waals surface area (Å²) in [6, 6.07) is 6.46. The molecule has 0 saturated carbocycles. The second-order valence-corrected chi connectivity index (χ2v) is 6.87. The topological polar surface area (TPSA) is 88.2 Å². The molecule has 1 aromatic heterocycles. The van der Waals surface area contributed by atoms with Gasteiger partial charge in [0.2, 0.25) is 0 Å². The standard InChI is InChI=1S/C12H9Cl2N3O3S/c13-10-7-9(21(14,19)20)1-2-11(10)17-12(18)16-8-3-5-15-6-4-8/h1-7H,(H2,15,16,17,18). The molecular formula is C12H9Cl2N3O3S. The number of halogens is 2. The third-order valence-electron chi connectivity index (χ3n) is 2.41. The summed E-state index contributed by atoms with van der Waals surface area (Å²) in [7, 11) is 1.34. The van der Waals surface area contributed by atoms with Crippen molar-refractivity contribution in [2.75, 3.05) is 10.6 Å². The number of amides is 2. The van der Waals surface area contributed by atoms with E-state index in [9.17, 15) is 13.2 Å². The van der Waals surface area contributed by atoms with Crippen LogP contribution in [0.2, 0.25) is 5.02 Å². The minimum absolute atomic E-state index is 0.0570. The van der Waals surface area contributed by atoms with Gasteiger partial charge in [-0.2, -0.15) is 0 Å². The summed E-state index contributed by atoms with van der Waals surface area (Å²) < 4.78 is 22.3. The van der Waals surface area contributed by atoms with Gasteiger partial charge in [-0.3, -0.25) is 4.98 Å². The largest absolute Gasteiger partial charge is 0.323 e. The molecule has 0 bridgehead atoms. The highest BCUT2D eigenvalue weighted by atomic mass is 35.7. The molecule has 2 N–H and O–H groups in total. The second-order valence-electron chi connectivity index (χ2n) is 3.89. The van der Waals surface area contributed by atoms with E-state index >= 15 is 0 Å². The number of anilines is 2. The van der Waals surface area contributed by atoms with Crippen LogP contribution in [0.25, 0.3) is 0 Å². The molecular weight excluding hydrogens is 337 g/mol. The fourth-order valence-corrected chi connectivity index (χ4v) is 2.54. The predicted octanol–water partition coefficient (Wildman–Crippen LogP) is 3.31. The van der Waals surface area contributed by atoms with Crippen LogP contribution in [-0.4, -0.2) is 19.4 Å². The molecule has 2 rings (SSSR count). The van der Waals surface area contributed by atoms with Crippen LogP contribution < -0.4 is 10.6 Å². The number of nitrogens with zero attached hydrogens (tertiary/aromatic N) is 1.